The Kier molecular flexibility index (Phi) is 3.31. The highest BCUT2D eigenvalue weighted by molar-refractivity contribution is 9.10. The van der Waals surface area contributed by atoms with Crippen LogP contribution in [0.5, 0.6) is 0 Å². The second-order valence-electron chi connectivity index (χ2n) is 4.71. The van der Waals surface area contributed by atoms with Crippen molar-refractivity contribution in [3.63, 3.8) is 0 Å². The van der Waals surface area contributed by atoms with Crippen molar-refractivity contribution in [1.82, 2.24) is 4.72 Å². The predicted octanol–water partition coefficient (Wildman–Crippen LogP) is 2.67. The molecule has 1 aromatic rings. The van der Waals surface area contributed by atoms with Crippen LogP contribution in [0.3, 0.4) is 0 Å². The molecule has 0 aliphatic heterocycles. The molecule has 1 aromatic carbocycles. The fraction of sp³-hybridized carbons (Fsp3) is 0.455. The predicted molar refractivity (Wildman–Crippen MR) is 66.6 cm³/mol. The molecule has 0 unspecified atom stereocenters. The van der Waals surface area contributed by atoms with Gasteiger partial charge in [-0.1, -0.05) is 22.9 Å². The van der Waals surface area contributed by atoms with E-state index >= 15 is 0 Å². The van der Waals surface area contributed by atoms with Gasteiger partial charge in [-0.15, -0.1) is 0 Å². The summed E-state index contributed by atoms with van der Waals surface area (Å²) in [5, 5.41) is 0. The molecule has 1 aliphatic rings. The molecule has 0 aromatic heterocycles. The Morgan fingerprint density at radius 3 is 2.65 bits per heavy atom. The van der Waals surface area contributed by atoms with Crippen LogP contribution in [0.15, 0.2) is 27.6 Å². The summed E-state index contributed by atoms with van der Waals surface area (Å²) in [4.78, 5) is -0.301. The molecule has 0 atom stereocenters. The first-order valence-electron chi connectivity index (χ1n) is 5.27. The molecule has 0 radical (unpaired) electrons. The van der Waals surface area contributed by atoms with Crippen LogP contribution in [-0.4, -0.2) is 15.0 Å². The van der Waals surface area contributed by atoms with E-state index in [9.17, 15) is 12.8 Å². The summed E-state index contributed by atoms with van der Waals surface area (Å²) < 4.78 is 40.2. The van der Waals surface area contributed by atoms with Crippen molar-refractivity contribution in [2.45, 2.75) is 24.7 Å². The average molecular weight is 322 g/mol. The van der Waals surface area contributed by atoms with Gasteiger partial charge in [0.2, 0.25) is 10.0 Å². The van der Waals surface area contributed by atoms with E-state index in [4.69, 9.17) is 0 Å². The zero-order valence-electron chi connectivity index (χ0n) is 9.33. The van der Waals surface area contributed by atoms with E-state index in [1.165, 1.54) is 12.1 Å². The second kappa shape index (κ2) is 4.33. The standard InChI is InChI=1S/C11H13BrFNO2S/c1-11(4-5-11)7-14-17(15,16)10-3-2-8(12)6-9(10)13/h2-3,6,14H,4-5,7H2,1H3. The first-order valence-corrected chi connectivity index (χ1v) is 7.55. The fourth-order valence-electron chi connectivity index (χ4n) is 1.43. The normalized spacial score (nSPS) is 18.1. The number of rotatable bonds is 4. The van der Waals surface area contributed by atoms with Gasteiger partial charge in [0.05, 0.1) is 0 Å². The Morgan fingerprint density at radius 2 is 2.12 bits per heavy atom. The van der Waals surface area contributed by atoms with Gasteiger partial charge >= 0.3 is 0 Å². The molecule has 1 aliphatic carbocycles. The summed E-state index contributed by atoms with van der Waals surface area (Å²) in [5.41, 5.74) is 0.0545. The van der Waals surface area contributed by atoms with E-state index in [2.05, 4.69) is 20.7 Å². The van der Waals surface area contributed by atoms with Gasteiger partial charge in [-0.05, 0) is 36.5 Å². The average Bonchev–Trinajstić information content (AvgIpc) is 2.94. The lowest BCUT2D eigenvalue weighted by molar-refractivity contribution is 0.522. The molecule has 1 saturated carbocycles. The quantitative estimate of drug-likeness (QED) is 0.926. The van der Waals surface area contributed by atoms with E-state index < -0.39 is 15.8 Å². The number of nitrogens with one attached hydrogen (secondary N) is 1. The maximum Gasteiger partial charge on any atom is 0.243 e. The Bertz CT molecular complexity index is 540. The highest BCUT2D eigenvalue weighted by atomic mass is 79.9. The molecule has 94 valence electrons. The van der Waals surface area contributed by atoms with Crippen LogP contribution in [0.2, 0.25) is 0 Å². The number of hydrogen-bond acceptors (Lipinski definition) is 2. The minimum atomic E-state index is -3.75. The maximum absolute atomic E-state index is 13.5. The van der Waals surface area contributed by atoms with Crippen molar-refractivity contribution in [3.8, 4) is 0 Å². The van der Waals surface area contributed by atoms with E-state index in [-0.39, 0.29) is 10.3 Å². The van der Waals surface area contributed by atoms with E-state index in [0.29, 0.717) is 11.0 Å². The third-order valence-corrected chi connectivity index (χ3v) is 4.90. The molecule has 0 amide bonds. The molecular weight excluding hydrogens is 309 g/mol. The van der Waals surface area contributed by atoms with Crippen molar-refractivity contribution in [2.24, 2.45) is 5.41 Å². The molecule has 0 spiro atoms. The SMILES string of the molecule is CC1(CNS(=O)(=O)c2ccc(Br)cc2F)CC1. The minimum Gasteiger partial charge on any atom is -0.211 e. The molecule has 1 fully saturated rings. The lowest BCUT2D eigenvalue weighted by Gasteiger charge is -2.11. The third-order valence-electron chi connectivity index (χ3n) is 2.98. The largest absolute Gasteiger partial charge is 0.243 e. The maximum atomic E-state index is 13.5. The van der Waals surface area contributed by atoms with Gasteiger partial charge in [0.25, 0.3) is 0 Å². The van der Waals surface area contributed by atoms with Crippen molar-refractivity contribution in [2.75, 3.05) is 6.54 Å². The molecule has 17 heavy (non-hydrogen) atoms. The summed E-state index contributed by atoms with van der Waals surface area (Å²) in [6.45, 7) is 2.37. The third kappa shape index (κ3) is 3.05. The van der Waals surface area contributed by atoms with Crippen LogP contribution in [0.1, 0.15) is 19.8 Å². The first kappa shape index (κ1) is 13.0. The molecule has 0 saturated heterocycles. The van der Waals surface area contributed by atoms with Crippen LogP contribution in [0.25, 0.3) is 0 Å². The van der Waals surface area contributed by atoms with Crippen LogP contribution < -0.4 is 4.72 Å². The van der Waals surface area contributed by atoms with Crippen molar-refractivity contribution in [3.05, 3.63) is 28.5 Å². The van der Waals surface area contributed by atoms with Gasteiger partial charge in [-0.2, -0.15) is 0 Å². The highest BCUT2D eigenvalue weighted by Crippen LogP contribution is 2.44. The van der Waals surface area contributed by atoms with Gasteiger partial charge in [0, 0.05) is 11.0 Å². The Labute approximate surface area is 109 Å². The summed E-state index contributed by atoms with van der Waals surface area (Å²) >= 11 is 3.09. The molecule has 0 bridgehead atoms. The summed E-state index contributed by atoms with van der Waals surface area (Å²) in [5.74, 6) is -0.743. The van der Waals surface area contributed by atoms with Gasteiger partial charge in [0.1, 0.15) is 10.7 Å². The van der Waals surface area contributed by atoms with Gasteiger partial charge < -0.3 is 0 Å². The number of sulfonamides is 1. The summed E-state index contributed by atoms with van der Waals surface area (Å²) in [7, 11) is -3.75. The molecule has 3 nitrogen and oxygen atoms in total. The molecule has 0 heterocycles. The number of benzene rings is 1. The molecular formula is C11H13BrFNO2S. The fourth-order valence-corrected chi connectivity index (χ4v) is 3.02. The van der Waals surface area contributed by atoms with Crippen molar-refractivity contribution in [1.29, 1.82) is 0 Å². The van der Waals surface area contributed by atoms with Crippen LogP contribution in [0, 0.1) is 11.2 Å². The number of hydrogen-bond donors (Lipinski definition) is 1. The lowest BCUT2D eigenvalue weighted by atomic mass is 10.2. The second-order valence-corrected chi connectivity index (χ2v) is 7.36. The zero-order chi connectivity index (χ0) is 12.7. The minimum absolute atomic E-state index is 0.0545. The Hall–Kier alpha value is -0.460. The topological polar surface area (TPSA) is 46.2 Å². The van der Waals surface area contributed by atoms with E-state index in [0.717, 1.165) is 18.9 Å². The molecule has 1 N–H and O–H groups in total. The van der Waals surface area contributed by atoms with Crippen LogP contribution in [0.4, 0.5) is 4.39 Å². The first-order chi connectivity index (χ1) is 7.82. The van der Waals surface area contributed by atoms with Crippen molar-refractivity contribution >= 4 is 26.0 Å². The van der Waals surface area contributed by atoms with Crippen LogP contribution in [-0.2, 0) is 10.0 Å². The van der Waals surface area contributed by atoms with Gasteiger partial charge in [-0.3, -0.25) is 0 Å². The monoisotopic (exact) mass is 321 g/mol. The highest BCUT2D eigenvalue weighted by Gasteiger charge is 2.38. The van der Waals surface area contributed by atoms with E-state index in [1.54, 1.807) is 0 Å². The van der Waals surface area contributed by atoms with Gasteiger partial charge in [0.15, 0.2) is 0 Å². The van der Waals surface area contributed by atoms with Crippen molar-refractivity contribution < 1.29 is 12.8 Å². The molecule has 2 rings (SSSR count). The Morgan fingerprint density at radius 1 is 1.47 bits per heavy atom. The lowest BCUT2D eigenvalue weighted by Crippen LogP contribution is -2.29. The molecule has 6 heteroatoms. The van der Waals surface area contributed by atoms with E-state index in [1.807, 2.05) is 6.92 Å². The summed E-state index contributed by atoms with van der Waals surface area (Å²) in [6.07, 6.45) is 2.02. The Balaban J connectivity index is 2.19. The number of halogens is 2. The zero-order valence-corrected chi connectivity index (χ0v) is 11.7. The van der Waals surface area contributed by atoms with Crippen LogP contribution >= 0.6 is 15.9 Å². The smallest absolute Gasteiger partial charge is 0.211 e. The van der Waals surface area contributed by atoms with Gasteiger partial charge in [-0.25, -0.2) is 17.5 Å². The summed E-state index contributed by atoms with van der Waals surface area (Å²) in [6, 6.07) is 3.92.